The first-order chi connectivity index (χ1) is 14.4. The number of para-hydroxylation sites is 1. The fourth-order valence-electron chi connectivity index (χ4n) is 3.24. The van der Waals surface area contributed by atoms with Crippen molar-refractivity contribution >= 4 is 0 Å². The summed E-state index contributed by atoms with van der Waals surface area (Å²) in [7, 11) is 0. The molecule has 1 aliphatic heterocycles. The number of tetrazole rings is 1. The number of nitrogens with zero attached hydrogens (tertiary/aromatic N) is 5. The molecule has 152 valence electrons. The van der Waals surface area contributed by atoms with E-state index in [4.69, 9.17) is 9.47 Å². The van der Waals surface area contributed by atoms with Gasteiger partial charge in [0.05, 0.1) is 18.9 Å². The van der Waals surface area contributed by atoms with Crippen molar-refractivity contribution in [1.82, 2.24) is 30.4 Å². The molecule has 0 aliphatic carbocycles. The molecule has 0 radical (unpaired) electrons. The van der Waals surface area contributed by atoms with Crippen molar-refractivity contribution in [3.63, 3.8) is 0 Å². The molecule has 0 amide bonds. The van der Waals surface area contributed by atoms with Crippen LogP contribution in [0.3, 0.4) is 0 Å². The lowest BCUT2D eigenvalue weighted by Gasteiger charge is -2.26. The molecule has 1 fully saturated rings. The van der Waals surface area contributed by atoms with Crippen LogP contribution in [0.5, 0.6) is 11.8 Å². The molecular weight excluding hydrogens is 368 g/mol. The molecule has 29 heavy (non-hydrogen) atoms. The second kappa shape index (κ2) is 10.1. The molecule has 4 rings (SSSR count). The van der Waals surface area contributed by atoms with Gasteiger partial charge in [-0.1, -0.05) is 35.4 Å². The number of aromatic nitrogens is 4. The number of hydrogen-bond donors (Lipinski definition) is 1. The van der Waals surface area contributed by atoms with E-state index < -0.39 is 0 Å². The van der Waals surface area contributed by atoms with Crippen molar-refractivity contribution in [2.24, 2.45) is 0 Å². The Morgan fingerprint density at radius 3 is 2.59 bits per heavy atom. The monoisotopic (exact) mass is 394 g/mol. The van der Waals surface area contributed by atoms with Crippen molar-refractivity contribution in [3.05, 3.63) is 60.2 Å². The Hall–Kier alpha value is -2.81. The van der Waals surface area contributed by atoms with Crippen LogP contribution in [-0.2, 0) is 11.3 Å². The average molecular weight is 394 g/mol. The Morgan fingerprint density at radius 1 is 1.00 bits per heavy atom. The maximum Gasteiger partial charge on any atom is 0.345 e. The second-order valence-electron chi connectivity index (χ2n) is 6.94. The predicted molar refractivity (Wildman–Crippen MR) is 109 cm³/mol. The summed E-state index contributed by atoms with van der Waals surface area (Å²) >= 11 is 0. The fourth-order valence-corrected chi connectivity index (χ4v) is 3.24. The number of benzene rings is 2. The van der Waals surface area contributed by atoms with E-state index in [9.17, 15) is 0 Å². The van der Waals surface area contributed by atoms with Crippen LogP contribution in [0.1, 0.15) is 12.0 Å². The SMILES string of the molecule is c1ccc(-n2nnnc2Oc2ccc(CNCCCN3CCOCC3)cc2)cc1. The largest absolute Gasteiger partial charge is 0.423 e. The fraction of sp³-hybridized carbons (Fsp3) is 0.381. The van der Waals surface area contributed by atoms with E-state index in [0.717, 1.165) is 58.0 Å². The van der Waals surface area contributed by atoms with Crippen molar-refractivity contribution in [2.45, 2.75) is 13.0 Å². The Kier molecular flexibility index (Phi) is 6.80. The smallest absolute Gasteiger partial charge is 0.345 e. The zero-order valence-corrected chi connectivity index (χ0v) is 16.4. The first-order valence-electron chi connectivity index (χ1n) is 10.00. The third-order valence-corrected chi connectivity index (χ3v) is 4.83. The van der Waals surface area contributed by atoms with Gasteiger partial charge in [-0.25, -0.2) is 0 Å². The molecule has 8 nitrogen and oxygen atoms in total. The lowest BCUT2D eigenvalue weighted by molar-refractivity contribution is 0.0374. The summed E-state index contributed by atoms with van der Waals surface area (Å²) in [6.07, 6.45) is 1.14. The lowest BCUT2D eigenvalue weighted by Crippen LogP contribution is -2.37. The molecule has 1 saturated heterocycles. The number of hydrogen-bond acceptors (Lipinski definition) is 7. The topological polar surface area (TPSA) is 77.3 Å². The molecular formula is C21H26N6O2. The maximum absolute atomic E-state index is 5.86. The molecule has 2 heterocycles. The van der Waals surface area contributed by atoms with Gasteiger partial charge >= 0.3 is 6.01 Å². The van der Waals surface area contributed by atoms with E-state index in [0.29, 0.717) is 11.8 Å². The van der Waals surface area contributed by atoms with E-state index in [1.165, 1.54) is 5.56 Å². The van der Waals surface area contributed by atoms with Gasteiger partial charge in [-0.05, 0) is 59.8 Å². The molecule has 0 spiro atoms. The lowest BCUT2D eigenvalue weighted by atomic mass is 10.2. The minimum absolute atomic E-state index is 0.338. The van der Waals surface area contributed by atoms with Crippen molar-refractivity contribution in [2.75, 3.05) is 39.4 Å². The Bertz CT molecular complexity index is 862. The molecule has 1 N–H and O–H groups in total. The van der Waals surface area contributed by atoms with Gasteiger partial charge < -0.3 is 14.8 Å². The Balaban J connectivity index is 1.23. The summed E-state index contributed by atoms with van der Waals surface area (Å²) in [6.45, 7) is 6.79. The average Bonchev–Trinajstić information content (AvgIpc) is 3.24. The first-order valence-corrected chi connectivity index (χ1v) is 10.00. The zero-order valence-electron chi connectivity index (χ0n) is 16.4. The highest BCUT2D eigenvalue weighted by molar-refractivity contribution is 5.34. The van der Waals surface area contributed by atoms with Crippen LogP contribution in [0.25, 0.3) is 5.69 Å². The molecule has 0 unspecified atom stereocenters. The van der Waals surface area contributed by atoms with Gasteiger partial charge in [0.15, 0.2) is 0 Å². The van der Waals surface area contributed by atoms with Crippen LogP contribution in [0.2, 0.25) is 0 Å². The number of ether oxygens (including phenoxy) is 2. The van der Waals surface area contributed by atoms with E-state index in [2.05, 4.69) is 37.9 Å². The number of nitrogens with one attached hydrogen (secondary N) is 1. The van der Waals surface area contributed by atoms with Crippen LogP contribution in [0.15, 0.2) is 54.6 Å². The predicted octanol–water partition coefficient (Wildman–Crippen LogP) is 2.27. The summed E-state index contributed by atoms with van der Waals surface area (Å²) in [5, 5.41) is 15.2. The summed E-state index contributed by atoms with van der Waals surface area (Å²) in [5.41, 5.74) is 2.07. The van der Waals surface area contributed by atoms with Crippen LogP contribution in [-0.4, -0.2) is 64.5 Å². The van der Waals surface area contributed by atoms with Gasteiger partial charge in [-0.2, -0.15) is 4.68 Å². The highest BCUT2D eigenvalue weighted by Gasteiger charge is 2.11. The standard InChI is InChI=1S/C21H26N6O2/c1-2-5-19(6-3-1)27-21(23-24-25-27)29-20-9-7-18(8-10-20)17-22-11-4-12-26-13-15-28-16-14-26/h1-3,5-10,22H,4,11-17H2. The van der Waals surface area contributed by atoms with E-state index in [-0.39, 0.29) is 0 Å². The number of rotatable bonds is 9. The summed E-state index contributed by atoms with van der Waals surface area (Å²) in [5.74, 6) is 0.702. The third-order valence-electron chi connectivity index (χ3n) is 4.83. The molecule has 8 heteroatoms. The zero-order chi connectivity index (χ0) is 19.7. The molecule has 0 atom stereocenters. The van der Waals surface area contributed by atoms with Gasteiger partial charge in [-0.15, -0.1) is 0 Å². The van der Waals surface area contributed by atoms with Crippen LogP contribution < -0.4 is 10.1 Å². The van der Waals surface area contributed by atoms with E-state index >= 15 is 0 Å². The highest BCUT2D eigenvalue weighted by atomic mass is 16.5. The molecule has 3 aromatic rings. The van der Waals surface area contributed by atoms with Crippen molar-refractivity contribution < 1.29 is 9.47 Å². The van der Waals surface area contributed by atoms with E-state index in [1.807, 2.05) is 42.5 Å². The van der Waals surface area contributed by atoms with Gasteiger partial charge in [0.2, 0.25) is 0 Å². The molecule has 0 saturated carbocycles. The van der Waals surface area contributed by atoms with Crippen LogP contribution in [0.4, 0.5) is 0 Å². The quantitative estimate of drug-likeness (QED) is 0.558. The Labute approximate surface area is 170 Å². The van der Waals surface area contributed by atoms with Gasteiger partial charge in [0.25, 0.3) is 0 Å². The van der Waals surface area contributed by atoms with Gasteiger partial charge in [0.1, 0.15) is 5.75 Å². The highest BCUT2D eigenvalue weighted by Crippen LogP contribution is 2.21. The summed E-state index contributed by atoms with van der Waals surface area (Å²) < 4.78 is 12.8. The second-order valence-corrected chi connectivity index (χ2v) is 6.94. The summed E-state index contributed by atoms with van der Waals surface area (Å²) in [4.78, 5) is 2.46. The first kappa shape index (κ1) is 19.5. The van der Waals surface area contributed by atoms with Crippen LogP contribution >= 0.6 is 0 Å². The minimum atomic E-state index is 0.338. The third kappa shape index (κ3) is 5.60. The minimum Gasteiger partial charge on any atom is -0.423 e. The number of morpholine rings is 1. The molecule has 0 bridgehead atoms. The normalized spacial score (nSPS) is 14.8. The van der Waals surface area contributed by atoms with E-state index in [1.54, 1.807) is 4.68 Å². The molecule has 2 aromatic carbocycles. The Morgan fingerprint density at radius 2 is 1.79 bits per heavy atom. The van der Waals surface area contributed by atoms with Gasteiger partial charge in [-0.3, -0.25) is 4.90 Å². The van der Waals surface area contributed by atoms with Gasteiger partial charge in [0, 0.05) is 19.6 Å². The molecule has 1 aliphatic rings. The summed E-state index contributed by atoms with van der Waals surface area (Å²) in [6, 6.07) is 18.0. The molecule has 1 aromatic heterocycles. The van der Waals surface area contributed by atoms with Crippen LogP contribution in [0, 0.1) is 0 Å². The van der Waals surface area contributed by atoms with Crippen molar-refractivity contribution in [3.8, 4) is 17.4 Å². The van der Waals surface area contributed by atoms with Crippen molar-refractivity contribution in [1.29, 1.82) is 0 Å². The maximum atomic E-state index is 5.86.